The number of thiophene rings is 1. The van der Waals surface area contributed by atoms with Crippen molar-refractivity contribution in [3.05, 3.63) is 101 Å². The van der Waals surface area contributed by atoms with Gasteiger partial charge in [0.15, 0.2) is 0 Å². The first-order valence-electron chi connectivity index (χ1n) is 9.73. The number of anilines is 1. The summed E-state index contributed by atoms with van der Waals surface area (Å²) in [7, 11) is 0. The van der Waals surface area contributed by atoms with Gasteiger partial charge in [0.05, 0.1) is 16.2 Å². The average Bonchev–Trinajstić information content (AvgIpc) is 3.14. The SMILES string of the molecule is O=C(Nc1ccccc1)c1sc2ccc(OCc3ccc4ccccc4n3)cc2c1Cl. The van der Waals surface area contributed by atoms with Crippen LogP contribution in [0.4, 0.5) is 5.69 Å². The maximum Gasteiger partial charge on any atom is 0.267 e. The van der Waals surface area contributed by atoms with Gasteiger partial charge in [-0.05, 0) is 42.5 Å². The predicted molar refractivity (Wildman–Crippen MR) is 127 cm³/mol. The smallest absolute Gasteiger partial charge is 0.267 e. The molecule has 0 bridgehead atoms. The Morgan fingerprint density at radius 1 is 0.968 bits per heavy atom. The second kappa shape index (κ2) is 8.38. The number of aromatic nitrogens is 1. The van der Waals surface area contributed by atoms with Gasteiger partial charge in [-0.25, -0.2) is 4.98 Å². The number of hydrogen-bond acceptors (Lipinski definition) is 4. The Balaban J connectivity index is 1.35. The van der Waals surface area contributed by atoms with Crippen molar-refractivity contribution >= 4 is 55.5 Å². The molecule has 5 rings (SSSR count). The largest absolute Gasteiger partial charge is 0.487 e. The minimum atomic E-state index is -0.222. The molecule has 6 heteroatoms. The maximum absolute atomic E-state index is 12.7. The summed E-state index contributed by atoms with van der Waals surface area (Å²) in [6.45, 7) is 0.347. The van der Waals surface area contributed by atoms with E-state index >= 15 is 0 Å². The topological polar surface area (TPSA) is 51.2 Å². The molecule has 0 aliphatic carbocycles. The van der Waals surface area contributed by atoms with Crippen LogP contribution in [0.15, 0.2) is 84.9 Å². The van der Waals surface area contributed by atoms with Crippen LogP contribution < -0.4 is 10.1 Å². The van der Waals surface area contributed by atoms with Crippen molar-refractivity contribution in [2.24, 2.45) is 0 Å². The number of rotatable bonds is 5. The molecule has 2 aromatic heterocycles. The number of halogens is 1. The molecule has 0 aliphatic heterocycles. The van der Waals surface area contributed by atoms with E-state index in [1.165, 1.54) is 11.3 Å². The summed E-state index contributed by atoms with van der Waals surface area (Å²) in [6.07, 6.45) is 0. The van der Waals surface area contributed by atoms with Gasteiger partial charge in [0.2, 0.25) is 0 Å². The Kier molecular flexibility index (Phi) is 5.28. The number of ether oxygens (including phenoxy) is 1. The minimum absolute atomic E-state index is 0.222. The standard InChI is InChI=1S/C25H17ClN2O2S/c26-23-20-14-19(30-15-18-11-10-16-6-4-5-9-21(16)27-18)12-13-22(20)31-24(23)25(29)28-17-7-2-1-3-8-17/h1-14H,15H2,(H,28,29). The molecule has 0 saturated heterocycles. The molecular weight excluding hydrogens is 428 g/mol. The summed E-state index contributed by atoms with van der Waals surface area (Å²) in [4.78, 5) is 17.8. The molecule has 1 amide bonds. The Hall–Kier alpha value is -3.41. The highest BCUT2D eigenvalue weighted by Crippen LogP contribution is 2.37. The molecule has 31 heavy (non-hydrogen) atoms. The molecule has 0 aliphatic rings. The number of hydrogen-bond donors (Lipinski definition) is 1. The molecule has 0 fully saturated rings. The van der Waals surface area contributed by atoms with Crippen molar-refractivity contribution in [2.75, 3.05) is 5.32 Å². The quantitative estimate of drug-likeness (QED) is 0.319. The zero-order valence-electron chi connectivity index (χ0n) is 16.3. The number of fused-ring (bicyclic) bond motifs is 2. The number of para-hydroxylation sites is 2. The summed E-state index contributed by atoms with van der Waals surface area (Å²) in [5.41, 5.74) is 2.51. The first-order chi connectivity index (χ1) is 15.2. The highest BCUT2D eigenvalue weighted by atomic mass is 35.5. The zero-order chi connectivity index (χ0) is 21.2. The fourth-order valence-corrected chi connectivity index (χ4v) is 4.72. The van der Waals surface area contributed by atoms with Crippen LogP contribution in [0.1, 0.15) is 15.4 Å². The Labute approximate surface area is 188 Å². The van der Waals surface area contributed by atoms with Gasteiger partial charge in [-0.1, -0.05) is 54.1 Å². The van der Waals surface area contributed by atoms with Crippen molar-refractivity contribution in [2.45, 2.75) is 6.61 Å². The first-order valence-corrected chi connectivity index (χ1v) is 10.9. The van der Waals surface area contributed by atoms with Crippen LogP contribution >= 0.6 is 22.9 Å². The van der Waals surface area contributed by atoms with Crippen LogP contribution in [0.2, 0.25) is 5.02 Å². The van der Waals surface area contributed by atoms with Crippen LogP contribution in [0.5, 0.6) is 5.75 Å². The van der Waals surface area contributed by atoms with E-state index in [-0.39, 0.29) is 5.91 Å². The molecule has 0 unspecified atom stereocenters. The average molecular weight is 445 g/mol. The number of carbonyl (C=O) groups is 1. The summed E-state index contributed by atoms with van der Waals surface area (Å²) in [6, 6.07) is 27.0. The van der Waals surface area contributed by atoms with Crippen LogP contribution in [-0.2, 0) is 6.61 Å². The van der Waals surface area contributed by atoms with Gasteiger partial charge in [-0.2, -0.15) is 0 Å². The molecule has 1 N–H and O–H groups in total. The summed E-state index contributed by atoms with van der Waals surface area (Å²) in [5, 5.41) is 5.21. The monoisotopic (exact) mass is 444 g/mol. The molecule has 3 aromatic carbocycles. The number of nitrogens with one attached hydrogen (secondary N) is 1. The molecule has 4 nitrogen and oxygen atoms in total. The second-order valence-electron chi connectivity index (χ2n) is 7.01. The summed E-state index contributed by atoms with van der Waals surface area (Å²) >= 11 is 7.92. The van der Waals surface area contributed by atoms with E-state index in [9.17, 15) is 4.79 Å². The normalized spacial score (nSPS) is 11.0. The van der Waals surface area contributed by atoms with Crippen LogP contribution in [-0.4, -0.2) is 10.9 Å². The van der Waals surface area contributed by atoms with E-state index in [0.717, 1.165) is 32.4 Å². The van der Waals surface area contributed by atoms with Crippen LogP contribution in [0.25, 0.3) is 21.0 Å². The lowest BCUT2D eigenvalue weighted by molar-refractivity contribution is 0.103. The van der Waals surface area contributed by atoms with Gasteiger partial charge >= 0.3 is 0 Å². The second-order valence-corrected chi connectivity index (χ2v) is 8.44. The van der Waals surface area contributed by atoms with Crippen LogP contribution in [0, 0.1) is 0 Å². The summed E-state index contributed by atoms with van der Waals surface area (Å²) in [5.74, 6) is 0.456. The molecule has 0 spiro atoms. The number of amides is 1. The van der Waals surface area contributed by atoms with Crippen molar-refractivity contribution in [3.63, 3.8) is 0 Å². The lowest BCUT2D eigenvalue weighted by Crippen LogP contribution is -2.10. The predicted octanol–water partition coefficient (Wildman–Crippen LogP) is 6.93. The molecule has 0 saturated carbocycles. The van der Waals surface area contributed by atoms with E-state index in [1.54, 1.807) is 0 Å². The summed E-state index contributed by atoms with van der Waals surface area (Å²) < 4.78 is 6.88. The fraction of sp³-hybridized carbons (Fsp3) is 0.0400. The van der Waals surface area contributed by atoms with Gasteiger partial charge in [0.25, 0.3) is 5.91 Å². The van der Waals surface area contributed by atoms with Gasteiger partial charge < -0.3 is 10.1 Å². The molecule has 5 aromatic rings. The highest BCUT2D eigenvalue weighted by molar-refractivity contribution is 7.21. The van der Waals surface area contributed by atoms with E-state index < -0.39 is 0 Å². The Morgan fingerprint density at radius 2 is 1.77 bits per heavy atom. The van der Waals surface area contributed by atoms with E-state index in [0.29, 0.717) is 22.3 Å². The first kappa shape index (κ1) is 19.5. The third-order valence-corrected chi connectivity index (χ3v) is 6.55. The van der Waals surface area contributed by atoms with Crippen molar-refractivity contribution in [1.29, 1.82) is 0 Å². The van der Waals surface area contributed by atoms with Gasteiger partial charge in [-0.3, -0.25) is 4.79 Å². The van der Waals surface area contributed by atoms with Crippen molar-refractivity contribution < 1.29 is 9.53 Å². The lowest BCUT2D eigenvalue weighted by Gasteiger charge is -2.07. The minimum Gasteiger partial charge on any atom is -0.487 e. The Morgan fingerprint density at radius 3 is 2.65 bits per heavy atom. The molecular formula is C25H17ClN2O2S. The van der Waals surface area contributed by atoms with E-state index in [2.05, 4.69) is 10.3 Å². The zero-order valence-corrected chi connectivity index (χ0v) is 17.9. The molecule has 0 radical (unpaired) electrons. The Bertz CT molecular complexity index is 1400. The van der Waals surface area contributed by atoms with E-state index in [1.807, 2.05) is 84.9 Å². The third kappa shape index (κ3) is 4.10. The van der Waals surface area contributed by atoms with E-state index in [4.69, 9.17) is 16.3 Å². The van der Waals surface area contributed by atoms with Crippen molar-refractivity contribution in [1.82, 2.24) is 4.98 Å². The number of benzene rings is 3. The number of nitrogens with zero attached hydrogens (tertiary/aromatic N) is 1. The van der Waals surface area contributed by atoms with Crippen LogP contribution in [0.3, 0.4) is 0 Å². The molecule has 152 valence electrons. The van der Waals surface area contributed by atoms with Gasteiger partial charge in [0, 0.05) is 21.2 Å². The fourth-order valence-electron chi connectivity index (χ4n) is 3.34. The van der Waals surface area contributed by atoms with Crippen molar-refractivity contribution in [3.8, 4) is 5.75 Å². The van der Waals surface area contributed by atoms with Gasteiger partial charge in [-0.15, -0.1) is 11.3 Å². The number of pyridine rings is 1. The third-order valence-electron chi connectivity index (χ3n) is 4.88. The lowest BCUT2D eigenvalue weighted by atomic mass is 10.2. The maximum atomic E-state index is 12.7. The number of carbonyl (C=O) groups excluding carboxylic acids is 1. The molecule has 2 heterocycles. The molecule has 0 atom stereocenters. The highest BCUT2D eigenvalue weighted by Gasteiger charge is 2.18. The van der Waals surface area contributed by atoms with Gasteiger partial charge in [0.1, 0.15) is 17.2 Å².